The quantitative estimate of drug-likeness (QED) is 0.446. The van der Waals surface area contributed by atoms with E-state index in [1.54, 1.807) is 0 Å². The van der Waals surface area contributed by atoms with Crippen molar-refractivity contribution in [3.05, 3.63) is 74.7 Å². The van der Waals surface area contributed by atoms with Crippen molar-refractivity contribution in [2.24, 2.45) is 0 Å². The van der Waals surface area contributed by atoms with E-state index in [0.29, 0.717) is 23.6 Å². The summed E-state index contributed by atoms with van der Waals surface area (Å²) in [5.41, 5.74) is 5.01. The van der Waals surface area contributed by atoms with Gasteiger partial charge in [-0.2, -0.15) is 0 Å². The molecular formula is C29H40N4O4. The number of allylic oxidation sites excluding steroid dienone is 2. The van der Waals surface area contributed by atoms with Gasteiger partial charge in [0.05, 0.1) is 19.3 Å². The first-order chi connectivity index (χ1) is 18.0. The van der Waals surface area contributed by atoms with Crippen LogP contribution < -0.4 is 15.8 Å². The van der Waals surface area contributed by atoms with E-state index in [1.807, 2.05) is 25.1 Å². The Hall–Kier alpha value is -2.94. The predicted octanol–water partition coefficient (Wildman–Crippen LogP) is 2.30. The van der Waals surface area contributed by atoms with Crippen molar-refractivity contribution in [1.82, 2.24) is 15.2 Å². The summed E-state index contributed by atoms with van der Waals surface area (Å²) in [6.07, 6.45) is 8.38. The summed E-state index contributed by atoms with van der Waals surface area (Å²) in [7, 11) is 0. The Morgan fingerprint density at radius 3 is 2.57 bits per heavy atom. The molecule has 0 spiro atoms. The number of piperidine rings is 1. The van der Waals surface area contributed by atoms with Crippen molar-refractivity contribution in [2.75, 3.05) is 37.7 Å². The third-order valence-electron chi connectivity index (χ3n) is 7.78. The van der Waals surface area contributed by atoms with E-state index in [-0.39, 0.29) is 37.3 Å². The van der Waals surface area contributed by atoms with Crippen molar-refractivity contribution in [3.8, 4) is 0 Å². The van der Waals surface area contributed by atoms with Crippen LogP contribution in [0.5, 0.6) is 0 Å². The predicted molar refractivity (Wildman–Crippen MR) is 146 cm³/mol. The number of anilines is 1. The van der Waals surface area contributed by atoms with Crippen molar-refractivity contribution in [2.45, 2.75) is 64.6 Å². The Morgan fingerprint density at radius 2 is 1.86 bits per heavy atom. The first-order valence-electron chi connectivity index (χ1n) is 13.5. The van der Waals surface area contributed by atoms with Crippen LogP contribution in [-0.2, 0) is 19.4 Å². The molecule has 4 rings (SSSR count). The Labute approximate surface area is 219 Å². The maximum absolute atomic E-state index is 13.4. The van der Waals surface area contributed by atoms with E-state index in [4.69, 9.17) is 0 Å². The number of aliphatic hydroxyl groups is 2. The van der Waals surface area contributed by atoms with Gasteiger partial charge in [-0.15, -0.1) is 0 Å². The summed E-state index contributed by atoms with van der Waals surface area (Å²) >= 11 is 0. The van der Waals surface area contributed by atoms with Crippen LogP contribution >= 0.6 is 0 Å². The SMILES string of the molecule is CCN(c1cccc2c1C/C=C/CCc1cc(C)[nH]c(=O)c1CNC2=O)C1CCN(C(CO)CO)CC1. The number of fused-ring (bicyclic) bond motifs is 2. The molecule has 0 saturated carbocycles. The number of benzene rings is 1. The number of carbonyl (C=O) groups is 1. The first-order valence-corrected chi connectivity index (χ1v) is 13.5. The maximum atomic E-state index is 13.4. The number of aromatic nitrogens is 1. The number of rotatable bonds is 6. The van der Waals surface area contributed by atoms with Crippen molar-refractivity contribution in [1.29, 1.82) is 0 Å². The number of H-pyrrole nitrogens is 1. The van der Waals surface area contributed by atoms with Crippen LogP contribution in [0.3, 0.4) is 0 Å². The Balaban J connectivity index is 1.61. The van der Waals surface area contributed by atoms with E-state index in [1.165, 1.54) is 0 Å². The van der Waals surface area contributed by atoms with Crippen LogP contribution in [-0.4, -0.2) is 70.9 Å². The molecule has 2 aromatic rings. The fraction of sp³-hybridized carbons (Fsp3) is 0.517. The summed E-state index contributed by atoms with van der Waals surface area (Å²) in [6, 6.07) is 8.03. The lowest BCUT2D eigenvalue weighted by Crippen LogP contribution is -2.50. The van der Waals surface area contributed by atoms with Crippen molar-refractivity contribution < 1.29 is 15.0 Å². The molecule has 0 radical (unpaired) electrons. The second-order valence-electron chi connectivity index (χ2n) is 10.1. The van der Waals surface area contributed by atoms with Gasteiger partial charge in [0, 0.05) is 54.7 Å². The number of hydrogen-bond acceptors (Lipinski definition) is 6. The molecule has 1 aromatic carbocycles. The molecule has 8 heteroatoms. The zero-order valence-electron chi connectivity index (χ0n) is 22.0. The normalized spacial score (nSPS) is 18.4. The van der Waals surface area contributed by atoms with Crippen LogP contribution in [0, 0.1) is 6.92 Å². The molecule has 1 amide bonds. The second-order valence-corrected chi connectivity index (χ2v) is 10.1. The van der Waals surface area contributed by atoms with Gasteiger partial charge in [0.15, 0.2) is 0 Å². The van der Waals surface area contributed by atoms with Gasteiger partial charge < -0.3 is 25.4 Å². The molecule has 0 unspecified atom stereocenters. The number of nitrogens with one attached hydrogen (secondary N) is 2. The average Bonchev–Trinajstić information content (AvgIpc) is 2.89. The average molecular weight is 509 g/mol. The van der Waals surface area contributed by atoms with Crippen LogP contribution in [0.1, 0.15) is 58.9 Å². The molecule has 0 atom stereocenters. The van der Waals surface area contributed by atoms with E-state index in [2.05, 4.69) is 45.2 Å². The molecule has 37 heavy (non-hydrogen) atoms. The van der Waals surface area contributed by atoms with E-state index in [9.17, 15) is 19.8 Å². The van der Waals surface area contributed by atoms with E-state index < -0.39 is 0 Å². The molecular weight excluding hydrogens is 468 g/mol. The summed E-state index contributed by atoms with van der Waals surface area (Å²) in [6.45, 7) is 6.59. The van der Waals surface area contributed by atoms with Gasteiger partial charge >= 0.3 is 0 Å². The zero-order valence-corrected chi connectivity index (χ0v) is 22.0. The van der Waals surface area contributed by atoms with Gasteiger partial charge in [-0.3, -0.25) is 14.5 Å². The molecule has 2 aliphatic rings. The first kappa shape index (κ1) is 27.1. The number of aliphatic hydroxyl groups excluding tert-OH is 2. The molecule has 2 aliphatic heterocycles. The van der Waals surface area contributed by atoms with Crippen LogP contribution in [0.15, 0.2) is 41.2 Å². The molecule has 0 aliphatic carbocycles. The third-order valence-corrected chi connectivity index (χ3v) is 7.78. The standard InChI is InChI=1S/C29H40N4O4/c1-3-33(22-12-14-32(15-13-22)23(18-34)19-35)27-11-7-10-25-24(27)9-6-4-5-8-21-16-20(2)31-29(37)26(21)17-30-28(25)36/h4,6-7,10-11,16,22-23,34-35H,3,5,8-9,12-15,17-19H2,1-2H3,(H,30,36)(H,31,37)/b6-4+. The highest BCUT2D eigenvalue weighted by Crippen LogP contribution is 2.30. The Kier molecular flexibility index (Phi) is 9.18. The zero-order chi connectivity index (χ0) is 26.4. The highest BCUT2D eigenvalue weighted by Gasteiger charge is 2.29. The van der Waals surface area contributed by atoms with Crippen molar-refractivity contribution in [3.63, 3.8) is 0 Å². The van der Waals surface area contributed by atoms with Crippen LogP contribution in [0.2, 0.25) is 0 Å². The monoisotopic (exact) mass is 508 g/mol. The number of amides is 1. The molecule has 200 valence electrons. The minimum Gasteiger partial charge on any atom is -0.395 e. The summed E-state index contributed by atoms with van der Waals surface area (Å²) < 4.78 is 0. The molecule has 1 fully saturated rings. The highest BCUT2D eigenvalue weighted by atomic mass is 16.3. The topological polar surface area (TPSA) is 109 Å². The Morgan fingerprint density at radius 1 is 1.11 bits per heavy atom. The molecule has 4 N–H and O–H groups in total. The lowest BCUT2D eigenvalue weighted by molar-refractivity contribution is 0.0568. The fourth-order valence-corrected chi connectivity index (χ4v) is 5.77. The second kappa shape index (κ2) is 12.5. The lowest BCUT2D eigenvalue weighted by Gasteiger charge is -2.42. The van der Waals surface area contributed by atoms with Crippen LogP contribution in [0.4, 0.5) is 5.69 Å². The fourth-order valence-electron chi connectivity index (χ4n) is 5.77. The van der Waals surface area contributed by atoms with Gasteiger partial charge in [0.1, 0.15) is 0 Å². The molecule has 3 heterocycles. The molecule has 8 nitrogen and oxygen atoms in total. The lowest BCUT2D eigenvalue weighted by atomic mass is 9.95. The molecule has 0 bridgehead atoms. The van der Waals surface area contributed by atoms with Gasteiger partial charge in [0.25, 0.3) is 11.5 Å². The van der Waals surface area contributed by atoms with E-state index >= 15 is 0 Å². The number of pyridine rings is 1. The van der Waals surface area contributed by atoms with Gasteiger partial charge in [0.2, 0.25) is 0 Å². The van der Waals surface area contributed by atoms with E-state index in [0.717, 1.165) is 67.8 Å². The molecule has 1 aromatic heterocycles. The number of aromatic amines is 1. The van der Waals surface area contributed by atoms with Gasteiger partial charge in [-0.1, -0.05) is 18.2 Å². The number of aryl methyl sites for hydroxylation is 2. The smallest absolute Gasteiger partial charge is 0.253 e. The van der Waals surface area contributed by atoms with Gasteiger partial charge in [-0.05, 0) is 75.3 Å². The number of carbonyl (C=O) groups excluding carboxylic acids is 1. The third kappa shape index (κ3) is 6.14. The van der Waals surface area contributed by atoms with Gasteiger partial charge in [-0.25, -0.2) is 0 Å². The summed E-state index contributed by atoms with van der Waals surface area (Å²) in [5.74, 6) is -0.170. The maximum Gasteiger partial charge on any atom is 0.253 e. The minimum atomic E-state index is -0.205. The highest BCUT2D eigenvalue weighted by molar-refractivity contribution is 5.97. The molecule has 1 saturated heterocycles. The summed E-state index contributed by atoms with van der Waals surface area (Å²) in [4.78, 5) is 33.5. The number of hydrogen-bond donors (Lipinski definition) is 4. The Bertz CT molecular complexity index is 1160. The summed E-state index contributed by atoms with van der Waals surface area (Å²) in [5, 5.41) is 22.2. The van der Waals surface area contributed by atoms with Crippen molar-refractivity contribution >= 4 is 11.6 Å². The number of likely N-dealkylation sites (tertiary alicyclic amines) is 1. The number of nitrogens with zero attached hydrogens (tertiary/aromatic N) is 2. The minimum absolute atomic E-state index is 0.0394. The van der Waals surface area contributed by atoms with Crippen LogP contribution in [0.25, 0.3) is 0 Å². The largest absolute Gasteiger partial charge is 0.395 e.